The van der Waals surface area contributed by atoms with E-state index in [1.807, 2.05) is 24.8 Å². The minimum absolute atomic E-state index is 0.0126. The number of likely N-dealkylation sites (tertiary alicyclic amines) is 1. The number of carbonyl (C=O) groups is 2. The molecule has 2 aliphatic carbocycles. The maximum atomic E-state index is 12.4. The highest BCUT2D eigenvalue weighted by Gasteiger charge is 2.43. The van der Waals surface area contributed by atoms with Crippen molar-refractivity contribution in [3.05, 3.63) is 36.3 Å². The van der Waals surface area contributed by atoms with Gasteiger partial charge in [-0.05, 0) is 44.6 Å². The van der Waals surface area contributed by atoms with E-state index in [4.69, 9.17) is 4.98 Å². The first-order valence-electron chi connectivity index (χ1n) is 10.0. The molecule has 0 spiro atoms. The molecule has 1 aliphatic heterocycles. The molecule has 0 aromatic carbocycles. The number of nitrogens with one attached hydrogen (secondary N) is 2. The van der Waals surface area contributed by atoms with Crippen LogP contribution in [0.25, 0.3) is 5.57 Å². The first-order chi connectivity index (χ1) is 13.5. The average molecular weight is 381 g/mol. The van der Waals surface area contributed by atoms with Crippen molar-refractivity contribution >= 4 is 23.2 Å². The fourth-order valence-corrected chi connectivity index (χ4v) is 4.62. The summed E-state index contributed by atoms with van der Waals surface area (Å²) in [5.41, 5.74) is 2.12. The molecule has 1 aromatic heterocycles. The van der Waals surface area contributed by atoms with Gasteiger partial charge < -0.3 is 15.5 Å². The summed E-state index contributed by atoms with van der Waals surface area (Å²) >= 11 is 0. The lowest BCUT2D eigenvalue weighted by atomic mass is 9.92. The Kier molecular flexibility index (Phi) is 4.91. The normalized spacial score (nSPS) is 25.3. The number of allylic oxidation sites excluding steroid dienone is 1. The average Bonchev–Trinajstić information content (AvgIpc) is 3.17. The maximum absolute atomic E-state index is 12.4. The van der Waals surface area contributed by atoms with Crippen molar-refractivity contribution in [2.75, 3.05) is 18.4 Å². The number of carbonyl (C=O) groups excluding carboxylic acids is 2. The largest absolute Gasteiger partial charge is 0.365 e. The topological polar surface area (TPSA) is 87.2 Å². The first-order valence-corrected chi connectivity index (χ1v) is 10.0. The third kappa shape index (κ3) is 3.41. The Hall–Kier alpha value is -2.70. The molecule has 2 bridgehead atoms. The minimum Gasteiger partial charge on any atom is -0.365 e. The summed E-state index contributed by atoms with van der Waals surface area (Å²) in [6, 6.07) is 0.352. The lowest BCUT2D eigenvalue weighted by Crippen LogP contribution is -2.49. The van der Waals surface area contributed by atoms with Gasteiger partial charge in [0.25, 0.3) is 5.91 Å². The van der Waals surface area contributed by atoms with Crippen LogP contribution in [0.15, 0.2) is 24.9 Å². The molecular weight excluding hydrogens is 354 g/mol. The van der Waals surface area contributed by atoms with Gasteiger partial charge in [-0.2, -0.15) is 0 Å². The van der Waals surface area contributed by atoms with Crippen LogP contribution in [0.5, 0.6) is 0 Å². The molecule has 1 saturated heterocycles. The van der Waals surface area contributed by atoms with E-state index >= 15 is 0 Å². The van der Waals surface area contributed by atoms with Crippen LogP contribution in [0.2, 0.25) is 0 Å². The Morgan fingerprint density at radius 3 is 2.64 bits per heavy atom. The summed E-state index contributed by atoms with van der Waals surface area (Å²) in [4.78, 5) is 35.6. The number of fused-ring (bicyclic) bond motifs is 3. The molecule has 2 fully saturated rings. The Morgan fingerprint density at radius 2 is 2.00 bits per heavy atom. The molecule has 2 N–H and O–H groups in total. The van der Waals surface area contributed by atoms with Crippen LogP contribution in [0.1, 0.15) is 38.1 Å². The predicted octanol–water partition coefficient (Wildman–Crippen LogP) is 1.78. The van der Waals surface area contributed by atoms with Crippen LogP contribution < -0.4 is 10.6 Å². The monoisotopic (exact) mass is 381 g/mol. The van der Waals surface area contributed by atoms with Crippen LogP contribution in [0.3, 0.4) is 0 Å². The summed E-state index contributed by atoms with van der Waals surface area (Å²) < 4.78 is 0. The van der Waals surface area contributed by atoms with Gasteiger partial charge in [-0.15, -0.1) is 0 Å². The van der Waals surface area contributed by atoms with Gasteiger partial charge in [0.05, 0.1) is 23.2 Å². The number of anilines is 1. The number of hydrogen-bond donors (Lipinski definition) is 2. The molecule has 7 heteroatoms. The van der Waals surface area contributed by atoms with Gasteiger partial charge in [-0.3, -0.25) is 14.6 Å². The molecule has 7 nitrogen and oxygen atoms in total. The van der Waals surface area contributed by atoms with E-state index in [0.29, 0.717) is 35.3 Å². The molecule has 2 amide bonds. The van der Waals surface area contributed by atoms with Crippen molar-refractivity contribution in [3.8, 4) is 0 Å². The highest BCUT2D eigenvalue weighted by molar-refractivity contribution is 6.20. The van der Waals surface area contributed by atoms with Crippen LogP contribution in [0.4, 0.5) is 5.82 Å². The van der Waals surface area contributed by atoms with E-state index in [2.05, 4.69) is 22.2 Å². The Bertz CT molecular complexity index is 833. The van der Waals surface area contributed by atoms with Gasteiger partial charge in [0, 0.05) is 31.6 Å². The standard InChI is InChI=1S/C21H27N5O2/c1-4-18(27)26-10-13-5-6-14(11-26)19(13)24-17-9-22-16-8-7-15(20(16)25-17)21(28)23-12(2)3/h4,7,9,12-14,19H,1,5-6,8,10-11H2,2-3H3,(H,23,28)(H,24,25)/t13-,14?,19?/m1/s1. The third-order valence-corrected chi connectivity index (χ3v) is 5.90. The van der Waals surface area contributed by atoms with Crippen molar-refractivity contribution < 1.29 is 9.59 Å². The summed E-state index contributed by atoms with van der Waals surface area (Å²) in [6.07, 6.45) is 7.89. The number of aromatic nitrogens is 2. The lowest BCUT2D eigenvalue weighted by Gasteiger charge is -2.38. The van der Waals surface area contributed by atoms with E-state index in [1.165, 1.54) is 6.08 Å². The van der Waals surface area contributed by atoms with Crippen molar-refractivity contribution in [2.45, 2.75) is 45.2 Å². The number of piperidine rings is 1. The second kappa shape index (κ2) is 7.37. The van der Waals surface area contributed by atoms with Crippen LogP contribution >= 0.6 is 0 Å². The molecule has 1 saturated carbocycles. The van der Waals surface area contributed by atoms with Crippen molar-refractivity contribution in [1.82, 2.24) is 20.2 Å². The second-order valence-electron chi connectivity index (χ2n) is 8.22. The minimum atomic E-state index is -0.100. The zero-order valence-electron chi connectivity index (χ0n) is 16.4. The molecule has 3 atom stereocenters. The molecule has 2 heterocycles. The highest BCUT2D eigenvalue weighted by Crippen LogP contribution is 2.39. The first kappa shape index (κ1) is 18.7. The van der Waals surface area contributed by atoms with E-state index in [-0.39, 0.29) is 23.9 Å². The Balaban J connectivity index is 1.49. The highest BCUT2D eigenvalue weighted by atomic mass is 16.2. The van der Waals surface area contributed by atoms with Gasteiger partial charge in [-0.25, -0.2) is 4.98 Å². The molecule has 1 aromatic rings. The van der Waals surface area contributed by atoms with Gasteiger partial charge in [0.2, 0.25) is 5.91 Å². The van der Waals surface area contributed by atoms with Gasteiger partial charge >= 0.3 is 0 Å². The van der Waals surface area contributed by atoms with Gasteiger partial charge in [-0.1, -0.05) is 12.7 Å². The SMILES string of the molecule is C=CC(=O)N1CC2CC[C@H](C1)C2Nc1cnc2c(n1)C(C(=O)NC(C)C)=CC2. The Morgan fingerprint density at radius 1 is 1.29 bits per heavy atom. The van der Waals surface area contributed by atoms with Crippen LogP contribution in [0, 0.1) is 11.8 Å². The molecule has 0 radical (unpaired) electrons. The Labute approximate surface area is 165 Å². The molecular formula is C21H27N5O2. The summed E-state index contributed by atoms with van der Waals surface area (Å²) in [5.74, 6) is 1.42. The summed E-state index contributed by atoms with van der Waals surface area (Å²) in [6.45, 7) is 8.98. The van der Waals surface area contributed by atoms with Crippen LogP contribution in [-0.4, -0.2) is 51.9 Å². The van der Waals surface area contributed by atoms with E-state index in [1.54, 1.807) is 6.20 Å². The quantitative estimate of drug-likeness (QED) is 0.759. The van der Waals surface area contributed by atoms with E-state index in [0.717, 1.165) is 31.6 Å². The summed E-state index contributed by atoms with van der Waals surface area (Å²) in [7, 11) is 0. The molecule has 2 unspecified atom stereocenters. The zero-order valence-corrected chi connectivity index (χ0v) is 16.4. The van der Waals surface area contributed by atoms with Crippen molar-refractivity contribution in [3.63, 3.8) is 0 Å². The molecule has 4 rings (SSSR count). The number of amides is 2. The molecule has 3 aliphatic rings. The van der Waals surface area contributed by atoms with Crippen molar-refractivity contribution in [1.29, 1.82) is 0 Å². The summed E-state index contributed by atoms with van der Waals surface area (Å²) in [5, 5.41) is 6.48. The maximum Gasteiger partial charge on any atom is 0.253 e. The molecule has 28 heavy (non-hydrogen) atoms. The predicted molar refractivity (Wildman–Crippen MR) is 107 cm³/mol. The number of nitrogens with zero attached hydrogens (tertiary/aromatic N) is 3. The second-order valence-corrected chi connectivity index (χ2v) is 8.22. The third-order valence-electron chi connectivity index (χ3n) is 5.90. The number of rotatable bonds is 5. The fraction of sp³-hybridized carbons (Fsp3) is 0.524. The van der Waals surface area contributed by atoms with Gasteiger partial charge in [0.1, 0.15) is 5.82 Å². The van der Waals surface area contributed by atoms with Crippen molar-refractivity contribution in [2.24, 2.45) is 11.8 Å². The zero-order chi connectivity index (χ0) is 19.8. The smallest absolute Gasteiger partial charge is 0.253 e. The molecule has 148 valence electrons. The number of hydrogen-bond acceptors (Lipinski definition) is 5. The van der Waals surface area contributed by atoms with E-state index in [9.17, 15) is 9.59 Å². The van der Waals surface area contributed by atoms with Gasteiger partial charge in [0.15, 0.2) is 0 Å². The van der Waals surface area contributed by atoms with Crippen LogP contribution in [-0.2, 0) is 16.0 Å². The lowest BCUT2D eigenvalue weighted by molar-refractivity contribution is -0.128. The fourth-order valence-electron chi connectivity index (χ4n) is 4.62. The van der Waals surface area contributed by atoms with E-state index < -0.39 is 0 Å².